The number of rotatable bonds is 2. The van der Waals surface area contributed by atoms with Gasteiger partial charge >= 0.3 is 0 Å². The van der Waals surface area contributed by atoms with E-state index in [1.54, 1.807) is 6.07 Å². The fraction of sp³-hybridized carbons (Fsp3) is 0. The summed E-state index contributed by atoms with van der Waals surface area (Å²) in [6, 6.07) is 9.18. The van der Waals surface area contributed by atoms with Crippen LogP contribution in [0.15, 0.2) is 36.4 Å². The lowest BCUT2D eigenvalue weighted by molar-refractivity contribution is 0.435. The van der Waals surface area contributed by atoms with Crippen molar-refractivity contribution in [1.82, 2.24) is 0 Å². The zero-order valence-corrected chi connectivity index (χ0v) is 9.71. The molecule has 90 valence electrons. The fourth-order valence-electron chi connectivity index (χ4n) is 1.37. The second-order valence-electron chi connectivity index (χ2n) is 3.40. The van der Waals surface area contributed by atoms with Crippen molar-refractivity contribution in [1.29, 1.82) is 5.26 Å². The maximum Gasteiger partial charge on any atom is 0.166 e. The zero-order chi connectivity index (χ0) is 13.1. The van der Waals surface area contributed by atoms with Gasteiger partial charge in [-0.2, -0.15) is 5.26 Å². The molecule has 0 N–H and O–H groups in total. The van der Waals surface area contributed by atoms with E-state index in [-0.39, 0.29) is 22.1 Å². The van der Waals surface area contributed by atoms with E-state index in [1.807, 2.05) is 6.07 Å². The number of benzene rings is 2. The molecule has 2 aromatic carbocycles. The Balaban J connectivity index is 2.44. The summed E-state index contributed by atoms with van der Waals surface area (Å²) in [6.45, 7) is 0. The molecule has 0 spiro atoms. The Labute approximate surface area is 107 Å². The van der Waals surface area contributed by atoms with Crippen molar-refractivity contribution in [3.8, 4) is 17.6 Å². The molecule has 0 aliphatic heterocycles. The standard InChI is InChI=1S/C13H6ClF2NO/c14-10-2-1-3-12(9(10)7-17)18-13-6-8(15)4-5-11(13)16/h1-6H. The zero-order valence-electron chi connectivity index (χ0n) is 8.95. The van der Waals surface area contributed by atoms with E-state index in [2.05, 4.69) is 0 Å². The Morgan fingerprint density at radius 3 is 2.61 bits per heavy atom. The number of nitrogens with zero attached hydrogens (tertiary/aromatic N) is 1. The second kappa shape index (κ2) is 5.03. The molecule has 18 heavy (non-hydrogen) atoms. The highest BCUT2D eigenvalue weighted by Crippen LogP contribution is 2.31. The molecule has 0 amide bonds. The van der Waals surface area contributed by atoms with Gasteiger partial charge in [0.2, 0.25) is 0 Å². The highest BCUT2D eigenvalue weighted by molar-refractivity contribution is 6.31. The van der Waals surface area contributed by atoms with E-state index >= 15 is 0 Å². The number of hydrogen-bond acceptors (Lipinski definition) is 2. The summed E-state index contributed by atoms with van der Waals surface area (Å²) in [5.74, 6) is -1.57. The molecule has 0 aliphatic carbocycles. The molecule has 5 heteroatoms. The van der Waals surface area contributed by atoms with Crippen molar-refractivity contribution in [2.45, 2.75) is 0 Å². The van der Waals surface area contributed by atoms with E-state index in [0.29, 0.717) is 0 Å². The van der Waals surface area contributed by atoms with Crippen LogP contribution in [0.1, 0.15) is 5.56 Å². The highest BCUT2D eigenvalue weighted by atomic mass is 35.5. The van der Waals surface area contributed by atoms with Gasteiger partial charge in [-0.15, -0.1) is 0 Å². The summed E-state index contributed by atoms with van der Waals surface area (Å²) < 4.78 is 31.5. The molecule has 0 radical (unpaired) electrons. The van der Waals surface area contributed by atoms with E-state index in [4.69, 9.17) is 21.6 Å². The third kappa shape index (κ3) is 2.41. The molecule has 0 atom stereocenters. The highest BCUT2D eigenvalue weighted by Gasteiger charge is 2.11. The lowest BCUT2D eigenvalue weighted by Crippen LogP contribution is -1.92. The van der Waals surface area contributed by atoms with Crippen molar-refractivity contribution in [2.24, 2.45) is 0 Å². The van der Waals surface area contributed by atoms with Crippen LogP contribution >= 0.6 is 11.6 Å². The smallest absolute Gasteiger partial charge is 0.166 e. The predicted octanol–water partition coefficient (Wildman–Crippen LogP) is 4.28. The Morgan fingerprint density at radius 2 is 1.89 bits per heavy atom. The largest absolute Gasteiger partial charge is 0.453 e. The number of halogens is 3. The molecule has 2 nitrogen and oxygen atoms in total. The van der Waals surface area contributed by atoms with Crippen LogP contribution < -0.4 is 4.74 Å². The van der Waals surface area contributed by atoms with Crippen molar-refractivity contribution in [3.63, 3.8) is 0 Å². The molecule has 0 aromatic heterocycles. The maximum atomic E-state index is 13.4. The Hall–Kier alpha value is -2.12. The van der Waals surface area contributed by atoms with Gasteiger partial charge in [-0.05, 0) is 24.3 Å². The lowest BCUT2D eigenvalue weighted by atomic mass is 10.2. The van der Waals surface area contributed by atoms with Gasteiger partial charge < -0.3 is 4.74 Å². The first-order valence-corrected chi connectivity index (χ1v) is 5.31. The van der Waals surface area contributed by atoms with Crippen LogP contribution in [0.2, 0.25) is 5.02 Å². The first-order chi connectivity index (χ1) is 8.61. The van der Waals surface area contributed by atoms with Gasteiger partial charge in [-0.3, -0.25) is 0 Å². The summed E-state index contributed by atoms with van der Waals surface area (Å²) in [5.41, 5.74) is 0.0721. The molecule has 2 aromatic rings. The average Bonchev–Trinajstić information content (AvgIpc) is 2.34. The normalized spacial score (nSPS) is 9.89. The van der Waals surface area contributed by atoms with Crippen molar-refractivity contribution in [2.75, 3.05) is 0 Å². The van der Waals surface area contributed by atoms with E-state index in [0.717, 1.165) is 18.2 Å². The Kier molecular flexibility index (Phi) is 3.45. The number of ether oxygens (including phenoxy) is 1. The first kappa shape index (κ1) is 12.3. The SMILES string of the molecule is N#Cc1c(Cl)cccc1Oc1cc(F)ccc1F. The number of nitriles is 1. The van der Waals surface area contributed by atoms with E-state index in [9.17, 15) is 8.78 Å². The summed E-state index contributed by atoms with van der Waals surface area (Å²) in [4.78, 5) is 0. The third-order valence-corrected chi connectivity index (χ3v) is 2.52. The summed E-state index contributed by atoms with van der Waals surface area (Å²) in [7, 11) is 0. The summed E-state index contributed by atoms with van der Waals surface area (Å²) in [6.07, 6.45) is 0. The number of hydrogen-bond donors (Lipinski definition) is 0. The van der Waals surface area contributed by atoms with Gasteiger partial charge in [0.1, 0.15) is 23.2 Å². The van der Waals surface area contributed by atoms with Crippen LogP contribution in [0.5, 0.6) is 11.5 Å². The van der Waals surface area contributed by atoms with Gasteiger partial charge in [0.25, 0.3) is 0 Å². The fourth-order valence-corrected chi connectivity index (χ4v) is 1.58. The Morgan fingerprint density at radius 1 is 1.11 bits per heavy atom. The summed E-state index contributed by atoms with van der Waals surface area (Å²) in [5, 5.41) is 9.11. The van der Waals surface area contributed by atoms with Crippen molar-refractivity contribution < 1.29 is 13.5 Å². The van der Waals surface area contributed by atoms with Crippen LogP contribution in [0.4, 0.5) is 8.78 Å². The van der Waals surface area contributed by atoms with Crippen LogP contribution in [0.25, 0.3) is 0 Å². The van der Waals surface area contributed by atoms with Gasteiger partial charge in [0, 0.05) is 6.07 Å². The van der Waals surface area contributed by atoms with Crippen LogP contribution in [-0.2, 0) is 0 Å². The minimum Gasteiger partial charge on any atom is -0.453 e. The first-order valence-electron chi connectivity index (χ1n) is 4.93. The average molecular weight is 266 g/mol. The topological polar surface area (TPSA) is 33.0 Å². The third-order valence-electron chi connectivity index (χ3n) is 2.20. The molecule has 2 rings (SSSR count). The van der Waals surface area contributed by atoms with Crippen molar-refractivity contribution in [3.05, 3.63) is 58.6 Å². The maximum absolute atomic E-state index is 13.4. The molecule has 0 unspecified atom stereocenters. The summed E-state index contributed by atoms with van der Waals surface area (Å²) >= 11 is 5.80. The van der Waals surface area contributed by atoms with Gasteiger partial charge in [0.05, 0.1) is 5.02 Å². The molecule has 0 heterocycles. The molecule has 0 saturated heterocycles. The van der Waals surface area contributed by atoms with Gasteiger partial charge in [0.15, 0.2) is 11.6 Å². The predicted molar refractivity (Wildman–Crippen MR) is 62.6 cm³/mol. The minimum absolute atomic E-state index is 0.0721. The monoisotopic (exact) mass is 265 g/mol. The van der Waals surface area contributed by atoms with E-state index in [1.165, 1.54) is 12.1 Å². The molecule has 0 bridgehead atoms. The molecule has 0 saturated carbocycles. The van der Waals surface area contributed by atoms with Gasteiger partial charge in [-0.1, -0.05) is 17.7 Å². The van der Waals surface area contributed by atoms with Gasteiger partial charge in [-0.25, -0.2) is 8.78 Å². The van der Waals surface area contributed by atoms with E-state index < -0.39 is 11.6 Å². The molecule has 0 fully saturated rings. The second-order valence-corrected chi connectivity index (χ2v) is 3.81. The minimum atomic E-state index is -0.722. The van der Waals surface area contributed by atoms with Crippen LogP contribution in [0, 0.1) is 23.0 Å². The van der Waals surface area contributed by atoms with Crippen LogP contribution in [0.3, 0.4) is 0 Å². The molecular weight excluding hydrogens is 260 g/mol. The Bertz CT molecular complexity index is 637. The molecular formula is C13H6ClF2NO. The molecule has 0 aliphatic rings. The van der Waals surface area contributed by atoms with Crippen LogP contribution in [-0.4, -0.2) is 0 Å². The lowest BCUT2D eigenvalue weighted by Gasteiger charge is -2.08. The van der Waals surface area contributed by atoms with Crippen molar-refractivity contribution >= 4 is 11.6 Å². The quantitative estimate of drug-likeness (QED) is 0.812.